The van der Waals surface area contributed by atoms with Crippen LogP contribution in [0, 0.1) is 5.82 Å². The van der Waals surface area contributed by atoms with E-state index in [9.17, 15) is 9.18 Å². The monoisotopic (exact) mass is 227 g/mol. The number of rotatable bonds is 6. The van der Waals surface area contributed by atoms with Crippen molar-refractivity contribution in [2.75, 3.05) is 25.1 Å². The molecule has 0 aliphatic carbocycles. The molecular formula is C11H14FNO3. The summed E-state index contributed by atoms with van der Waals surface area (Å²) >= 11 is 0. The predicted octanol–water partition coefficient (Wildman–Crippen LogP) is 1.97. The number of hydrogen-bond donors (Lipinski definition) is 2. The second-order valence-corrected chi connectivity index (χ2v) is 3.12. The van der Waals surface area contributed by atoms with E-state index >= 15 is 0 Å². The van der Waals surface area contributed by atoms with E-state index in [2.05, 4.69) is 5.32 Å². The zero-order valence-electron chi connectivity index (χ0n) is 9.00. The minimum absolute atomic E-state index is 0.324. The van der Waals surface area contributed by atoms with Gasteiger partial charge in [0.05, 0.1) is 12.2 Å². The quantitative estimate of drug-likeness (QED) is 0.729. The second-order valence-electron chi connectivity index (χ2n) is 3.12. The Kier molecular flexibility index (Phi) is 4.72. The molecule has 0 radical (unpaired) electrons. The van der Waals surface area contributed by atoms with Gasteiger partial charge in [-0.2, -0.15) is 0 Å². The van der Waals surface area contributed by atoms with Crippen molar-refractivity contribution in [3.63, 3.8) is 0 Å². The molecule has 0 saturated heterocycles. The molecule has 0 aliphatic rings. The highest BCUT2D eigenvalue weighted by Gasteiger charge is 2.09. The van der Waals surface area contributed by atoms with Gasteiger partial charge in [-0.1, -0.05) is 0 Å². The summed E-state index contributed by atoms with van der Waals surface area (Å²) in [7, 11) is 0. The topological polar surface area (TPSA) is 58.6 Å². The summed E-state index contributed by atoms with van der Waals surface area (Å²) < 4.78 is 18.3. The van der Waals surface area contributed by atoms with Crippen molar-refractivity contribution in [1.29, 1.82) is 0 Å². The average Bonchev–Trinajstić information content (AvgIpc) is 2.24. The standard InChI is InChI=1S/C11H14FNO3/c1-2-16-6-5-13-8-3-4-9(11(14)15)10(12)7-8/h3-4,7,13H,2,5-6H2,1H3,(H,14,15). The summed E-state index contributed by atoms with van der Waals surface area (Å²) in [4.78, 5) is 10.6. The number of ether oxygens (including phenoxy) is 1. The van der Waals surface area contributed by atoms with E-state index in [1.54, 1.807) is 0 Å². The van der Waals surface area contributed by atoms with Gasteiger partial charge in [0.15, 0.2) is 0 Å². The van der Waals surface area contributed by atoms with Crippen molar-refractivity contribution in [1.82, 2.24) is 0 Å². The molecule has 0 bridgehead atoms. The number of halogens is 1. The van der Waals surface area contributed by atoms with Gasteiger partial charge in [0, 0.05) is 18.8 Å². The lowest BCUT2D eigenvalue weighted by atomic mass is 10.2. The lowest BCUT2D eigenvalue weighted by Crippen LogP contribution is -2.10. The highest BCUT2D eigenvalue weighted by molar-refractivity contribution is 5.88. The summed E-state index contributed by atoms with van der Waals surface area (Å²) in [6, 6.07) is 3.93. The van der Waals surface area contributed by atoms with Crippen LogP contribution in [0.2, 0.25) is 0 Å². The lowest BCUT2D eigenvalue weighted by Gasteiger charge is -2.07. The highest BCUT2D eigenvalue weighted by atomic mass is 19.1. The van der Waals surface area contributed by atoms with E-state index in [4.69, 9.17) is 9.84 Å². The van der Waals surface area contributed by atoms with Crippen molar-refractivity contribution in [2.45, 2.75) is 6.92 Å². The second kappa shape index (κ2) is 6.07. The normalized spacial score (nSPS) is 10.1. The third-order valence-corrected chi connectivity index (χ3v) is 1.98. The van der Waals surface area contributed by atoms with Crippen LogP contribution in [0.4, 0.5) is 10.1 Å². The molecule has 0 fully saturated rings. The summed E-state index contributed by atoms with van der Waals surface area (Å²) in [6.45, 7) is 3.60. The molecule has 0 spiro atoms. The van der Waals surface area contributed by atoms with Crippen LogP contribution < -0.4 is 5.32 Å². The summed E-state index contributed by atoms with van der Waals surface area (Å²) in [5.41, 5.74) is 0.220. The summed E-state index contributed by atoms with van der Waals surface area (Å²) in [6.07, 6.45) is 0. The third kappa shape index (κ3) is 3.51. The maximum Gasteiger partial charge on any atom is 0.338 e. The van der Waals surface area contributed by atoms with Gasteiger partial charge in [-0.25, -0.2) is 9.18 Å². The fourth-order valence-corrected chi connectivity index (χ4v) is 1.21. The van der Waals surface area contributed by atoms with Crippen molar-refractivity contribution in [2.24, 2.45) is 0 Å². The van der Waals surface area contributed by atoms with Gasteiger partial charge in [-0.3, -0.25) is 0 Å². The molecule has 0 unspecified atom stereocenters. The molecule has 1 aromatic rings. The first kappa shape index (κ1) is 12.4. The first-order chi connectivity index (χ1) is 7.65. The largest absolute Gasteiger partial charge is 0.478 e. The van der Waals surface area contributed by atoms with E-state index in [1.807, 2.05) is 6.92 Å². The van der Waals surface area contributed by atoms with Gasteiger partial charge in [-0.05, 0) is 25.1 Å². The number of aromatic carboxylic acids is 1. The molecule has 0 amide bonds. The molecule has 16 heavy (non-hydrogen) atoms. The van der Waals surface area contributed by atoms with Gasteiger partial charge in [-0.15, -0.1) is 0 Å². The molecule has 2 N–H and O–H groups in total. The van der Waals surface area contributed by atoms with Crippen LogP contribution in [-0.2, 0) is 4.74 Å². The maximum absolute atomic E-state index is 13.2. The van der Waals surface area contributed by atoms with Crippen LogP contribution in [0.5, 0.6) is 0 Å². The Balaban J connectivity index is 2.56. The highest BCUT2D eigenvalue weighted by Crippen LogP contribution is 2.14. The molecule has 0 heterocycles. The molecule has 0 aliphatic heterocycles. The lowest BCUT2D eigenvalue weighted by molar-refractivity contribution is 0.0692. The number of carboxylic acids is 1. The van der Waals surface area contributed by atoms with E-state index in [1.165, 1.54) is 12.1 Å². The van der Waals surface area contributed by atoms with Gasteiger partial charge in [0.2, 0.25) is 0 Å². The summed E-state index contributed by atoms with van der Waals surface area (Å²) in [5, 5.41) is 11.6. The van der Waals surface area contributed by atoms with Gasteiger partial charge >= 0.3 is 5.97 Å². The van der Waals surface area contributed by atoms with Crippen molar-refractivity contribution in [3.8, 4) is 0 Å². The van der Waals surface area contributed by atoms with Gasteiger partial charge in [0.1, 0.15) is 5.82 Å². The van der Waals surface area contributed by atoms with E-state index in [-0.39, 0.29) is 5.56 Å². The summed E-state index contributed by atoms with van der Waals surface area (Å²) in [5.74, 6) is -2.01. The van der Waals surface area contributed by atoms with Gasteiger partial charge < -0.3 is 15.2 Å². The molecule has 4 nitrogen and oxygen atoms in total. The fraction of sp³-hybridized carbons (Fsp3) is 0.364. The van der Waals surface area contributed by atoms with Crippen LogP contribution in [-0.4, -0.2) is 30.8 Å². The molecule has 0 saturated carbocycles. The first-order valence-electron chi connectivity index (χ1n) is 4.99. The van der Waals surface area contributed by atoms with Crippen LogP contribution in [0.1, 0.15) is 17.3 Å². The van der Waals surface area contributed by atoms with Crippen LogP contribution in [0.3, 0.4) is 0 Å². The van der Waals surface area contributed by atoms with Crippen molar-refractivity contribution >= 4 is 11.7 Å². The molecular weight excluding hydrogens is 213 g/mol. The number of nitrogens with one attached hydrogen (secondary N) is 1. The van der Waals surface area contributed by atoms with E-state index < -0.39 is 11.8 Å². The number of carboxylic acid groups (broad SMARTS) is 1. The third-order valence-electron chi connectivity index (χ3n) is 1.98. The predicted molar refractivity (Wildman–Crippen MR) is 58.3 cm³/mol. The minimum Gasteiger partial charge on any atom is -0.478 e. The molecule has 0 aromatic heterocycles. The molecule has 5 heteroatoms. The fourth-order valence-electron chi connectivity index (χ4n) is 1.21. The number of anilines is 1. The smallest absolute Gasteiger partial charge is 0.338 e. The van der Waals surface area contributed by atoms with Crippen LogP contribution in [0.25, 0.3) is 0 Å². The molecule has 88 valence electrons. The van der Waals surface area contributed by atoms with Crippen LogP contribution >= 0.6 is 0 Å². The van der Waals surface area contributed by atoms with E-state index in [0.717, 1.165) is 6.07 Å². The minimum atomic E-state index is -1.27. The maximum atomic E-state index is 13.2. The Morgan fingerprint density at radius 3 is 2.88 bits per heavy atom. The Hall–Kier alpha value is -1.62. The molecule has 1 aromatic carbocycles. The Morgan fingerprint density at radius 1 is 1.56 bits per heavy atom. The SMILES string of the molecule is CCOCCNc1ccc(C(=O)O)c(F)c1. The number of carbonyl (C=O) groups is 1. The number of hydrogen-bond acceptors (Lipinski definition) is 3. The van der Waals surface area contributed by atoms with Gasteiger partial charge in [0.25, 0.3) is 0 Å². The molecule has 1 rings (SSSR count). The molecule has 0 atom stereocenters. The van der Waals surface area contributed by atoms with Crippen molar-refractivity contribution in [3.05, 3.63) is 29.6 Å². The van der Waals surface area contributed by atoms with Crippen molar-refractivity contribution < 1.29 is 19.0 Å². The Morgan fingerprint density at radius 2 is 2.31 bits per heavy atom. The first-order valence-corrected chi connectivity index (χ1v) is 4.99. The van der Waals surface area contributed by atoms with E-state index in [0.29, 0.717) is 25.4 Å². The number of benzene rings is 1. The Labute approximate surface area is 93.0 Å². The van der Waals surface area contributed by atoms with Crippen LogP contribution in [0.15, 0.2) is 18.2 Å². The zero-order chi connectivity index (χ0) is 12.0. The average molecular weight is 227 g/mol. The Bertz CT molecular complexity index is 368. The zero-order valence-corrected chi connectivity index (χ0v) is 9.00.